The molecule has 6 nitrogen and oxygen atoms in total. The van der Waals surface area contributed by atoms with Crippen molar-refractivity contribution in [1.29, 1.82) is 0 Å². The Labute approximate surface area is 97.5 Å². The molecule has 0 amide bonds. The molecule has 2 aromatic heterocycles. The van der Waals surface area contributed by atoms with Crippen LogP contribution in [0.2, 0.25) is 0 Å². The van der Waals surface area contributed by atoms with Crippen molar-refractivity contribution in [3.8, 4) is 5.75 Å². The number of hydrogen-bond donors (Lipinski definition) is 1. The first kappa shape index (κ1) is 11.1. The van der Waals surface area contributed by atoms with E-state index < -0.39 is 5.97 Å². The van der Waals surface area contributed by atoms with Gasteiger partial charge in [-0.1, -0.05) is 0 Å². The average Bonchev–Trinajstić information content (AvgIpc) is 2.82. The standard InChI is InChI=1S/C11H11N3O3/c1-17-10-5-9(11(15)16)12-6-8(10)7-14-4-2-3-13-14/h2-6H,7H2,1H3,(H,15,16). The van der Waals surface area contributed by atoms with Crippen molar-refractivity contribution in [2.75, 3.05) is 7.11 Å². The summed E-state index contributed by atoms with van der Waals surface area (Å²) in [5, 5.41) is 12.9. The van der Waals surface area contributed by atoms with Crippen LogP contribution in [0.15, 0.2) is 30.7 Å². The monoisotopic (exact) mass is 233 g/mol. The number of rotatable bonds is 4. The molecule has 2 heterocycles. The van der Waals surface area contributed by atoms with E-state index in [4.69, 9.17) is 9.84 Å². The molecule has 0 atom stereocenters. The van der Waals surface area contributed by atoms with Gasteiger partial charge in [0.2, 0.25) is 0 Å². The molecule has 1 N–H and O–H groups in total. The second-order valence-corrected chi connectivity index (χ2v) is 3.39. The van der Waals surface area contributed by atoms with Gasteiger partial charge in [0.25, 0.3) is 0 Å². The summed E-state index contributed by atoms with van der Waals surface area (Å²) in [5.41, 5.74) is 0.743. The predicted molar refractivity (Wildman–Crippen MR) is 59.1 cm³/mol. The van der Waals surface area contributed by atoms with E-state index in [0.717, 1.165) is 5.56 Å². The van der Waals surface area contributed by atoms with Crippen molar-refractivity contribution in [1.82, 2.24) is 14.8 Å². The van der Waals surface area contributed by atoms with Crippen molar-refractivity contribution in [2.24, 2.45) is 0 Å². The van der Waals surface area contributed by atoms with E-state index in [9.17, 15) is 4.79 Å². The van der Waals surface area contributed by atoms with Crippen LogP contribution < -0.4 is 4.74 Å². The zero-order chi connectivity index (χ0) is 12.3. The lowest BCUT2D eigenvalue weighted by atomic mass is 10.2. The Morgan fingerprint density at radius 2 is 2.41 bits per heavy atom. The number of pyridine rings is 1. The summed E-state index contributed by atoms with van der Waals surface area (Å²) in [4.78, 5) is 14.6. The number of aromatic carboxylic acids is 1. The number of carbonyl (C=O) groups is 1. The lowest BCUT2D eigenvalue weighted by Gasteiger charge is -2.08. The van der Waals surface area contributed by atoms with Crippen LogP contribution in [-0.2, 0) is 6.54 Å². The molecule has 2 aromatic rings. The molecule has 6 heteroatoms. The summed E-state index contributed by atoms with van der Waals surface area (Å²) in [6.07, 6.45) is 4.97. The molecule has 0 radical (unpaired) electrons. The first-order valence-electron chi connectivity index (χ1n) is 4.94. The van der Waals surface area contributed by atoms with Gasteiger partial charge in [-0.05, 0) is 6.07 Å². The number of carboxylic acid groups (broad SMARTS) is 1. The molecule has 0 bridgehead atoms. The Hall–Kier alpha value is -2.37. The summed E-state index contributed by atoms with van der Waals surface area (Å²) in [5.74, 6) is -0.582. The smallest absolute Gasteiger partial charge is 0.354 e. The second-order valence-electron chi connectivity index (χ2n) is 3.39. The zero-order valence-corrected chi connectivity index (χ0v) is 9.20. The Morgan fingerprint density at radius 3 is 3.00 bits per heavy atom. The predicted octanol–water partition coefficient (Wildman–Crippen LogP) is 1.03. The van der Waals surface area contributed by atoms with Gasteiger partial charge in [0.1, 0.15) is 5.75 Å². The quantitative estimate of drug-likeness (QED) is 0.853. The van der Waals surface area contributed by atoms with E-state index in [1.165, 1.54) is 19.4 Å². The third-order valence-corrected chi connectivity index (χ3v) is 2.27. The van der Waals surface area contributed by atoms with Gasteiger partial charge >= 0.3 is 5.97 Å². The molecular formula is C11H11N3O3. The van der Waals surface area contributed by atoms with Gasteiger partial charge in [0.15, 0.2) is 5.69 Å². The van der Waals surface area contributed by atoms with E-state index in [1.54, 1.807) is 10.9 Å². The normalized spacial score (nSPS) is 10.2. The SMILES string of the molecule is COc1cc(C(=O)O)ncc1Cn1cccn1. The van der Waals surface area contributed by atoms with Crippen molar-refractivity contribution in [3.63, 3.8) is 0 Å². The van der Waals surface area contributed by atoms with Gasteiger partial charge in [-0.15, -0.1) is 0 Å². The van der Waals surface area contributed by atoms with Crippen LogP contribution in [0.5, 0.6) is 5.75 Å². The maximum absolute atomic E-state index is 10.8. The van der Waals surface area contributed by atoms with E-state index in [-0.39, 0.29) is 5.69 Å². The summed E-state index contributed by atoms with van der Waals surface area (Å²) >= 11 is 0. The first-order valence-corrected chi connectivity index (χ1v) is 4.94. The number of aromatic nitrogens is 3. The molecule has 0 saturated carbocycles. The van der Waals surface area contributed by atoms with Crippen LogP contribution >= 0.6 is 0 Å². The fraction of sp³-hybridized carbons (Fsp3) is 0.182. The maximum Gasteiger partial charge on any atom is 0.354 e. The van der Waals surface area contributed by atoms with Crippen molar-refractivity contribution in [3.05, 3.63) is 42.0 Å². The van der Waals surface area contributed by atoms with E-state index >= 15 is 0 Å². The molecule has 0 spiro atoms. The Bertz CT molecular complexity index is 523. The molecular weight excluding hydrogens is 222 g/mol. The maximum atomic E-state index is 10.8. The Morgan fingerprint density at radius 1 is 1.59 bits per heavy atom. The number of carboxylic acids is 1. The zero-order valence-electron chi connectivity index (χ0n) is 9.20. The minimum atomic E-state index is -1.08. The largest absolute Gasteiger partial charge is 0.496 e. The molecule has 88 valence electrons. The minimum absolute atomic E-state index is 0.0361. The molecule has 2 rings (SSSR count). The summed E-state index contributed by atoms with van der Waals surface area (Å²) in [7, 11) is 1.49. The van der Waals surface area contributed by atoms with E-state index in [2.05, 4.69) is 10.1 Å². The van der Waals surface area contributed by atoms with Crippen LogP contribution in [0.1, 0.15) is 16.1 Å². The number of methoxy groups -OCH3 is 1. The van der Waals surface area contributed by atoms with Crippen molar-refractivity contribution < 1.29 is 14.6 Å². The Kier molecular flexibility index (Phi) is 3.04. The van der Waals surface area contributed by atoms with Crippen molar-refractivity contribution >= 4 is 5.97 Å². The molecule has 0 saturated heterocycles. The van der Waals surface area contributed by atoms with Crippen LogP contribution in [-0.4, -0.2) is 33.0 Å². The molecule has 0 aliphatic rings. The molecule has 17 heavy (non-hydrogen) atoms. The van der Waals surface area contributed by atoms with Gasteiger partial charge in [0, 0.05) is 30.2 Å². The van der Waals surface area contributed by atoms with E-state index in [1.807, 2.05) is 12.3 Å². The first-order chi connectivity index (χ1) is 8.20. The highest BCUT2D eigenvalue weighted by atomic mass is 16.5. The number of hydrogen-bond acceptors (Lipinski definition) is 4. The van der Waals surface area contributed by atoms with Crippen LogP contribution in [0.3, 0.4) is 0 Å². The average molecular weight is 233 g/mol. The van der Waals surface area contributed by atoms with Gasteiger partial charge in [0.05, 0.1) is 13.7 Å². The molecule has 0 aliphatic heterocycles. The number of nitrogens with zero attached hydrogens (tertiary/aromatic N) is 3. The minimum Gasteiger partial charge on any atom is -0.496 e. The molecule has 0 fully saturated rings. The third-order valence-electron chi connectivity index (χ3n) is 2.27. The summed E-state index contributed by atoms with van der Waals surface area (Å²) in [6, 6.07) is 3.21. The number of ether oxygens (including phenoxy) is 1. The summed E-state index contributed by atoms with van der Waals surface area (Å²) in [6.45, 7) is 0.489. The Balaban J connectivity index is 2.31. The van der Waals surface area contributed by atoms with Gasteiger partial charge in [-0.3, -0.25) is 4.68 Å². The highest BCUT2D eigenvalue weighted by Crippen LogP contribution is 2.19. The topological polar surface area (TPSA) is 77.2 Å². The third kappa shape index (κ3) is 2.41. The molecule has 0 aliphatic carbocycles. The van der Waals surface area contributed by atoms with Gasteiger partial charge < -0.3 is 9.84 Å². The highest BCUT2D eigenvalue weighted by Gasteiger charge is 2.10. The second kappa shape index (κ2) is 4.65. The molecule has 0 aromatic carbocycles. The van der Waals surface area contributed by atoms with Crippen molar-refractivity contribution in [2.45, 2.75) is 6.54 Å². The van der Waals surface area contributed by atoms with Gasteiger partial charge in [-0.25, -0.2) is 9.78 Å². The fourth-order valence-corrected chi connectivity index (χ4v) is 1.46. The lowest BCUT2D eigenvalue weighted by molar-refractivity contribution is 0.0690. The summed E-state index contributed by atoms with van der Waals surface area (Å²) < 4.78 is 6.85. The highest BCUT2D eigenvalue weighted by molar-refractivity contribution is 5.85. The van der Waals surface area contributed by atoms with Gasteiger partial charge in [-0.2, -0.15) is 5.10 Å². The fourth-order valence-electron chi connectivity index (χ4n) is 1.46. The van der Waals surface area contributed by atoms with E-state index in [0.29, 0.717) is 12.3 Å². The lowest BCUT2D eigenvalue weighted by Crippen LogP contribution is -2.06. The van der Waals surface area contributed by atoms with Crippen LogP contribution in [0.25, 0.3) is 0 Å². The molecule has 0 unspecified atom stereocenters. The van der Waals surface area contributed by atoms with Crippen LogP contribution in [0, 0.1) is 0 Å². The van der Waals surface area contributed by atoms with Crippen LogP contribution in [0.4, 0.5) is 0 Å².